The van der Waals surface area contributed by atoms with E-state index in [1.165, 1.54) is 27.6 Å². The third-order valence-corrected chi connectivity index (χ3v) is 7.52. The molecule has 162 valence electrons. The Balaban J connectivity index is 1.38. The fraction of sp³-hybridized carbons (Fsp3) is 0.208. The second-order valence-electron chi connectivity index (χ2n) is 7.59. The number of carbonyl (C=O) groups is 2. The fourth-order valence-corrected chi connectivity index (χ4v) is 5.80. The van der Waals surface area contributed by atoms with Crippen molar-refractivity contribution in [3.63, 3.8) is 0 Å². The molecular weight excluding hydrogens is 442 g/mol. The van der Waals surface area contributed by atoms with Crippen LogP contribution in [0.15, 0.2) is 58.4 Å². The van der Waals surface area contributed by atoms with Crippen molar-refractivity contribution in [2.24, 2.45) is 0 Å². The Labute approximate surface area is 193 Å². The van der Waals surface area contributed by atoms with Gasteiger partial charge in [0.1, 0.15) is 5.00 Å². The molecule has 0 bridgehead atoms. The number of carbonyl (C=O) groups excluding carboxylic acids is 2. The van der Waals surface area contributed by atoms with Crippen LogP contribution < -0.4 is 10.6 Å². The molecule has 2 amide bonds. The molecule has 0 radical (unpaired) electrons. The highest BCUT2D eigenvalue weighted by atomic mass is 32.1. The van der Waals surface area contributed by atoms with Gasteiger partial charge in [0.05, 0.1) is 10.4 Å². The number of fused-ring (bicyclic) bond motifs is 1. The van der Waals surface area contributed by atoms with Crippen molar-refractivity contribution in [1.82, 2.24) is 10.5 Å². The molecule has 0 unspecified atom stereocenters. The summed E-state index contributed by atoms with van der Waals surface area (Å²) in [5.41, 5.74) is 2.85. The Hall–Kier alpha value is -3.23. The van der Waals surface area contributed by atoms with E-state index in [0.29, 0.717) is 22.9 Å². The van der Waals surface area contributed by atoms with E-state index in [2.05, 4.69) is 15.8 Å². The maximum atomic E-state index is 13.2. The van der Waals surface area contributed by atoms with Crippen LogP contribution in [-0.4, -0.2) is 17.0 Å². The lowest BCUT2D eigenvalue weighted by Crippen LogP contribution is -2.25. The minimum atomic E-state index is -0.382. The number of nitrogens with one attached hydrogen (secondary N) is 2. The van der Waals surface area contributed by atoms with Crippen molar-refractivity contribution in [1.29, 1.82) is 0 Å². The molecule has 3 heterocycles. The van der Waals surface area contributed by atoms with Gasteiger partial charge in [-0.2, -0.15) is 0 Å². The topological polar surface area (TPSA) is 84.2 Å². The summed E-state index contributed by atoms with van der Waals surface area (Å²) in [5, 5.41) is 12.4. The fourth-order valence-electron chi connectivity index (χ4n) is 3.84. The summed E-state index contributed by atoms with van der Waals surface area (Å²) >= 11 is 3.01. The van der Waals surface area contributed by atoms with Gasteiger partial charge in [-0.15, -0.1) is 22.7 Å². The molecule has 0 atom stereocenters. The van der Waals surface area contributed by atoms with Crippen molar-refractivity contribution < 1.29 is 14.1 Å². The SMILES string of the molecule is O=C(Nc1sc2c(c1C(=O)NCc1ccccc1)CCCC2)c1cc(-c2cccs2)on1. The number of anilines is 1. The van der Waals surface area contributed by atoms with E-state index < -0.39 is 0 Å². The smallest absolute Gasteiger partial charge is 0.278 e. The molecule has 4 aromatic rings. The molecule has 0 aliphatic heterocycles. The first-order chi connectivity index (χ1) is 15.7. The quantitative estimate of drug-likeness (QED) is 0.394. The normalized spacial score (nSPS) is 12.9. The molecule has 0 spiro atoms. The van der Waals surface area contributed by atoms with Gasteiger partial charge in [0, 0.05) is 17.5 Å². The Morgan fingerprint density at radius 3 is 2.69 bits per heavy atom. The van der Waals surface area contributed by atoms with E-state index >= 15 is 0 Å². The molecule has 0 saturated heterocycles. The lowest BCUT2D eigenvalue weighted by atomic mass is 9.95. The number of thiophene rings is 2. The molecule has 1 aromatic carbocycles. The van der Waals surface area contributed by atoms with Gasteiger partial charge >= 0.3 is 0 Å². The van der Waals surface area contributed by atoms with E-state index in [1.807, 2.05) is 47.8 Å². The van der Waals surface area contributed by atoms with Crippen LogP contribution in [0.4, 0.5) is 5.00 Å². The van der Waals surface area contributed by atoms with Gasteiger partial charge in [-0.1, -0.05) is 41.6 Å². The van der Waals surface area contributed by atoms with Crippen molar-refractivity contribution in [2.45, 2.75) is 32.2 Å². The number of rotatable bonds is 6. The standard InChI is InChI=1S/C24H21N3O3S2/c28-22(17-13-18(30-27-17)20-11-6-12-31-20)26-24-21(16-9-4-5-10-19(16)32-24)23(29)25-14-15-7-2-1-3-8-15/h1-3,6-8,11-13H,4-5,9-10,14H2,(H,25,29)(H,26,28). The van der Waals surface area contributed by atoms with Crippen molar-refractivity contribution in [2.75, 3.05) is 5.32 Å². The van der Waals surface area contributed by atoms with E-state index in [1.54, 1.807) is 6.07 Å². The first-order valence-corrected chi connectivity index (χ1v) is 12.2. The number of hydrogen-bond acceptors (Lipinski definition) is 6. The van der Waals surface area contributed by atoms with Crippen molar-refractivity contribution in [3.8, 4) is 10.6 Å². The monoisotopic (exact) mass is 463 g/mol. The highest BCUT2D eigenvalue weighted by Crippen LogP contribution is 2.38. The van der Waals surface area contributed by atoms with Crippen LogP contribution in [0.2, 0.25) is 0 Å². The molecule has 2 N–H and O–H groups in total. The lowest BCUT2D eigenvalue weighted by molar-refractivity contribution is 0.0951. The second-order valence-corrected chi connectivity index (χ2v) is 9.64. The minimum absolute atomic E-state index is 0.164. The minimum Gasteiger partial charge on any atom is -0.355 e. The number of benzene rings is 1. The van der Waals surface area contributed by atoms with E-state index in [4.69, 9.17) is 4.52 Å². The predicted octanol–water partition coefficient (Wildman–Crippen LogP) is 5.53. The zero-order valence-electron chi connectivity index (χ0n) is 17.2. The van der Waals surface area contributed by atoms with Crippen LogP contribution in [0.5, 0.6) is 0 Å². The third kappa shape index (κ3) is 4.24. The summed E-state index contributed by atoms with van der Waals surface area (Å²) in [7, 11) is 0. The predicted molar refractivity (Wildman–Crippen MR) is 126 cm³/mol. The molecular formula is C24H21N3O3S2. The van der Waals surface area contributed by atoms with Crippen LogP contribution in [0.1, 0.15) is 49.7 Å². The number of aryl methyl sites for hydroxylation is 1. The molecule has 1 aliphatic carbocycles. The Morgan fingerprint density at radius 1 is 1.03 bits per heavy atom. The first kappa shape index (κ1) is 20.7. The maximum Gasteiger partial charge on any atom is 0.278 e. The molecule has 6 nitrogen and oxygen atoms in total. The molecule has 5 rings (SSSR count). The van der Waals surface area contributed by atoms with Crippen LogP contribution >= 0.6 is 22.7 Å². The molecule has 1 aliphatic rings. The lowest BCUT2D eigenvalue weighted by Gasteiger charge is -2.13. The highest BCUT2D eigenvalue weighted by molar-refractivity contribution is 7.17. The Morgan fingerprint density at radius 2 is 1.88 bits per heavy atom. The summed E-state index contributed by atoms with van der Waals surface area (Å²) in [4.78, 5) is 28.2. The molecule has 0 saturated carbocycles. The molecule has 0 fully saturated rings. The van der Waals surface area contributed by atoms with Crippen LogP contribution in [0.25, 0.3) is 10.6 Å². The number of amides is 2. The Bertz CT molecular complexity index is 1240. The average molecular weight is 464 g/mol. The number of nitrogens with zero attached hydrogens (tertiary/aromatic N) is 1. The van der Waals surface area contributed by atoms with Gasteiger partial charge in [-0.05, 0) is 48.3 Å². The Kier molecular flexibility index (Phi) is 5.87. The molecule has 3 aromatic heterocycles. The largest absolute Gasteiger partial charge is 0.355 e. The van der Waals surface area contributed by atoms with Gasteiger partial charge in [0.2, 0.25) is 0 Å². The van der Waals surface area contributed by atoms with Crippen molar-refractivity contribution in [3.05, 3.63) is 81.2 Å². The van der Waals surface area contributed by atoms with Crippen LogP contribution in [0.3, 0.4) is 0 Å². The van der Waals surface area contributed by atoms with Gasteiger partial charge in [0.25, 0.3) is 11.8 Å². The highest BCUT2D eigenvalue weighted by Gasteiger charge is 2.27. The maximum absolute atomic E-state index is 13.2. The number of hydrogen-bond donors (Lipinski definition) is 2. The third-order valence-electron chi connectivity index (χ3n) is 5.43. The van der Waals surface area contributed by atoms with Gasteiger partial charge in [0.15, 0.2) is 11.5 Å². The van der Waals surface area contributed by atoms with E-state index in [0.717, 1.165) is 41.7 Å². The summed E-state index contributed by atoms with van der Waals surface area (Å²) in [6.45, 7) is 0.436. The van der Waals surface area contributed by atoms with Gasteiger partial charge < -0.3 is 15.2 Å². The van der Waals surface area contributed by atoms with Gasteiger partial charge in [-0.3, -0.25) is 9.59 Å². The summed E-state index contributed by atoms with van der Waals surface area (Å²) in [6.07, 6.45) is 3.92. The zero-order chi connectivity index (χ0) is 21.9. The van der Waals surface area contributed by atoms with E-state index in [9.17, 15) is 9.59 Å². The summed E-state index contributed by atoms with van der Waals surface area (Å²) in [6, 6.07) is 15.2. The van der Waals surface area contributed by atoms with Gasteiger partial charge in [-0.25, -0.2) is 0 Å². The average Bonchev–Trinajstić information content (AvgIpc) is 3.57. The molecule has 32 heavy (non-hydrogen) atoms. The second kappa shape index (κ2) is 9.10. The first-order valence-electron chi connectivity index (χ1n) is 10.5. The molecule has 8 heteroatoms. The van der Waals surface area contributed by atoms with Crippen LogP contribution in [-0.2, 0) is 19.4 Å². The summed E-state index contributed by atoms with van der Waals surface area (Å²) < 4.78 is 5.34. The summed E-state index contributed by atoms with van der Waals surface area (Å²) in [5.74, 6) is 0.00620. The zero-order valence-corrected chi connectivity index (χ0v) is 18.9. The van der Waals surface area contributed by atoms with E-state index in [-0.39, 0.29) is 17.5 Å². The number of aromatic nitrogens is 1. The van der Waals surface area contributed by atoms with Crippen LogP contribution in [0, 0.1) is 0 Å². The van der Waals surface area contributed by atoms with Crippen molar-refractivity contribution >= 4 is 39.5 Å².